The lowest BCUT2D eigenvalue weighted by Gasteiger charge is -2.10. The zero-order chi connectivity index (χ0) is 17.4. The first-order chi connectivity index (χ1) is 11.5. The molecule has 2 N–H and O–H groups in total. The lowest BCUT2D eigenvalue weighted by Crippen LogP contribution is -2.03. The van der Waals surface area contributed by atoms with Gasteiger partial charge in [0.25, 0.3) is 0 Å². The highest BCUT2D eigenvalue weighted by Gasteiger charge is 2.19. The number of benzene rings is 2. The number of methoxy groups -OCH3 is 2. The molecule has 0 aliphatic heterocycles. The Labute approximate surface area is 137 Å². The summed E-state index contributed by atoms with van der Waals surface area (Å²) in [6.45, 7) is 1.84. The van der Waals surface area contributed by atoms with Crippen LogP contribution in [-0.4, -0.2) is 24.4 Å². The molecule has 0 amide bonds. The van der Waals surface area contributed by atoms with E-state index in [1.54, 1.807) is 25.3 Å². The molecule has 6 nitrogen and oxygen atoms in total. The van der Waals surface area contributed by atoms with E-state index in [2.05, 4.69) is 0 Å². The van der Waals surface area contributed by atoms with Gasteiger partial charge in [0, 0.05) is 17.7 Å². The molecular weight excluding hydrogens is 312 g/mol. The summed E-state index contributed by atoms with van der Waals surface area (Å²) in [6.07, 6.45) is 0. The van der Waals surface area contributed by atoms with E-state index in [0.717, 1.165) is 5.56 Å². The van der Waals surface area contributed by atoms with Gasteiger partial charge in [-0.05, 0) is 30.7 Å². The van der Waals surface area contributed by atoms with E-state index in [0.29, 0.717) is 17.1 Å². The van der Waals surface area contributed by atoms with E-state index in [9.17, 15) is 15.0 Å². The van der Waals surface area contributed by atoms with Crippen molar-refractivity contribution in [2.45, 2.75) is 6.92 Å². The lowest BCUT2D eigenvalue weighted by atomic mass is 10.1. The van der Waals surface area contributed by atoms with Crippen LogP contribution in [0.25, 0.3) is 22.3 Å². The molecule has 0 aliphatic rings. The average molecular weight is 328 g/mol. The van der Waals surface area contributed by atoms with E-state index in [-0.39, 0.29) is 22.5 Å². The van der Waals surface area contributed by atoms with Crippen molar-refractivity contribution >= 4 is 11.0 Å². The first kappa shape index (κ1) is 15.7. The molecule has 0 aliphatic carbocycles. The smallest absolute Gasteiger partial charge is 0.238 e. The van der Waals surface area contributed by atoms with Crippen molar-refractivity contribution < 1.29 is 24.1 Å². The number of fused-ring (bicyclic) bond motifs is 1. The molecule has 3 aromatic rings. The molecule has 0 saturated heterocycles. The Kier molecular flexibility index (Phi) is 3.81. The second kappa shape index (κ2) is 5.81. The summed E-state index contributed by atoms with van der Waals surface area (Å²) < 4.78 is 15.9. The van der Waals surface area contributed by atoms with Gasteiger partial charge >= 0.3 is 0 Å². The number of hydrogen-bond acceptors (Lipinski definition) is 6. The van der Waals surface area contributed by atoms with Crippen molar-refractivity contribution in [3.05, 3.63) is 46.1 Å². The molecule has 0 radical (unpaired) electrons. The molecule has 0 unspecified atom stereocenters. The summed E-state index contributed by atoms with van der Waals surface area (Å²) in [7, 11) is 3.00. The molecule has 1 aromatic heterocycles. The molecule has 2 aromatic carbocycles. The van der Waals surface area contributed by atoms with Crippen molar-refractivity contribution in [2.75, 3.05) is 14.2 Å². The number of aromatic hydroxyl groups is 2. The summed E-state index contributed by atoms with van der Waals surface area (Å²) in [5, 5.41) is 20.1. The third kappa shape index (κ3) is 2.42. The van der Waals surface area contributed by atoms with Crippen molar-refractivity contribution in [3.63, 3.8) is 0 Å². The van der Waals surface area contributed by atoms with Crippen LogP contribution in [0.3, 0.4) is 0 Å². The lowest BCUT2D eigenvalue weighted by molar-refractivity contribution is 0.406. The number of rotatable bonds is 3. The highest BCUT2D eigenvalue weighted by Crippen LogP contribution is 2.36. The molecule has 3 rings (SSSR count). The minimum Gasteiger partial charge on any atom is -0.507 e. The van der Waals surface area contributed by atoms with Gasteiger partial charge in [-0.15, -0.1) is 0 Å². The van der Waals surface area contributed by atoms with E-state index in [1.807, 2.05) is 6.92 Å². The van der Waals surface area contributed by atoms with Crippen LogP contribution >= 0.6 is 0 Å². The van der Waals surface area contributed by atoms with Crippen LogP contribution in [0.5, 0.6) is 23.0 Å². The van der Waals surface area contributed by atoms with Crippen molar-refractivity contribution in [1.82, 2.24) is 0 Å². The summed E-state index contributed by atoms with van der Waals surface area (Å²) in [5.41, 5.74) is 0.760. The maximum atomic E-state index is 12.4. The van der Waals surface area contributed by atoms with Crippen LogP contribution in [0.15, 0.2) is 39.5 Å². The molecule has 24 heavy (non-hydrogen) atoms. The topological polar surface area (TPSA) is 89.1 Å². The van der Waals surface area contributed by atoms with E-state index < -0.39 is 11.2 Å². The fourth-order valence-corrected chi connectivity index (χ4v) is 2.60. The predicted molar refractivity (Wildman–Crippen MR) is 89.1 cm³/mol. The fraction of sp³-hybridized carbons (Fsp3) is 0.167. The predicted octanol–water partition coefficient (Wildman–Crippen LogP) is 3.20. The maximum absolute atomic E-state index is 12.4. The van der Waals surface area contributed by atoms with Crippen LogP contribution in [0.4, 0.5) is 0 Å². The van der Waals surface area contributed by atoms with E-state index >= 15 is 0 Å². The van der Waals surface area contributed by atoms with Gasteiger partial charge in [-0.2, -0.15) is 0 Å². The van der Waals surface area contributed by atoms with Crippen molar-refractivity contribution in [3.8, 4) is 34.3 Å². The Morgan fingerprint density at radius 3 is 2.42 bits per heavy atom. The normalized spacial score (nSPS) is 10.8. The molecule has 124 valence electrons. The molecule has 0 bridgehead atoms. The Balaban J connectivity index is 2.31. The largest absolute Gasteiger partial charge is 0.507 e. The van der Waals surface area contributed by atoms with Crippen LogP contribution in [0.2, 0.25) is 0 Å². The molecule has 0 fully saturated rings. The minimum atomic E-state index is -0.708. The van der Waals surface area contributed by atoms with E-state index in [1.165, 1.54) is 19.2 Å². The van der Waals surface area contributed by atoms with Gasteiger partial charge in [-0.1, -0.05) is 0 Å². The number of phenolic OH excluding ortho intramolecular Hbond substituents is 1. The summed E-state index contributed by atoms with van der Waals surface area (Å²) in [5.74, 6) is 0.163. The Hall–Kier alpha value is -3.15. The minimum absolute atomic E-state index is 0.0194. The second-order valence-corrected chi connectivity index (χ2v) is 5.31. The fourth-order valence-electron chi connectivity index (χ4n) is 2.60. The maximum Gasteiger partial charge on any atom is 0.238 e. The number of hydrogen-bond donors (Lipinski definition) is 2. The summed E-state index contributed by atoms with van der Waals surface area (Å²) >= 11 is 0. The molecule has 0 atom stereocenters. The molecular formula is C18H16O6. The van der Waals surface area contributed by atoms with E-state index in [4.69, 9.17) is 13.9 Å². The van der Waals surface area contributed by atoms with Crippen LogP contribution in [0, 0.1) is 6.92 Å². The molecule has 0 saturated carbocycles. The first-order valence-electron chi connectivity index (χ1n) is 7.18. The second-order valence-electron chi connectivity index (χ2n) is 5.31. The molecule has 6 heteroatoms. The number of aryl methyl sites for hydroxylation is 1. The van der Waals surface area contributed by atoms with Gasteiger partial charge in [-0.25, -0.2) is 0 Å². The standard InChI is InChI=1S/C18H16O6/c1-9-6-10(4-5-13(9)23-3)18-17(21)16(20)15-12(19)7-11(22-2)8-14(15)24-18/h4-8,19,21H,1-3H3. The quantitative estimate of drug-likeness (QED) is 0.767. The van der Waals surface area contributed by atoms with Gasteiger partial charge in [0.15, 0.2) is 5.76 Å². The van der Waals surface area contributed by atoms with Gasteiger partial charge < -0.3 is 24.1 Å². The number of phenols is 1. The van der Waals surface area contributed by atoms with Gasteiger partial charge in [-0.3, -0.25) is 4.79 Å². The highest BCUT2D eigenvalue weighted by molar-refractivity contribution is 5.88. The Morgan fingerprint density at radius 1 is 1.04 bits per heavy atom. The Morgan fingerprint density at radius 2 is 1.79 bits per heavy atom. The Bertz CT molecular complexity index is 987. The average Bonchev–Trinajstić information content (AvgIpc) is 2.57. The van der Waals surface area contributed by atoms with Crippen molar-refractivity contribution in [1.29, 1.82) is 0 Å². The van der Waals surface area contributed by atoms with Gasteiger partial charge in [0.2, 0.25) is 11.2 Å². The summed E-state index contributed by atoms with van der Waals surface area (Å²) in [6, 6.07) is 7.90. The first-order valence-corrected chi connectivity index (χ1v) is 7.18. The third-order valence-corrected chi connectivity index (χ3v) is 3.82. The summed E-state index contributed by atoms with van der Waals surface area (Å²) in [4.78, 5) is 12.4. The van der Waals surface area contributed by atoms with Crippen molar-refractivity contribution in [2.24, 2.45) is 0 Å². The molecule has 0 spiro atoms. The third-order valence-electron chi connectivity index (χ3n) is 3.82. The SMILES string of the molecule is COc1cc(O)c2c(=O)c(O)c(-c3ccc(OC)c(C)c3)oc2c1. The van der Waals surface area contributed by atoms with Gasteiger partial charge in [0.05, 0.1) is 14.2 Å². The zero-order valence-electron chi connectivity index (χ0n) is 13.4. The highest BCUT2D eigenvalue weighted by atomic mass is 16.5. The van der Waals surface area contributed by atoms with Crippen LogP contribution in [-0.2, 0) is 0 Å². The number of ether oxygens (including phenoxy) is 2. The zero-order valence-corrected chi connectivity index (χ0v) is 13.4. The van der Waals surface area contributed by atoms with Crippen LogP contribution < -0.4 is 14.9 Å². The van der Waals surface area contributed by atoms with Gasteiger partial charge in [0.1, 0.15) is 28.2 Å². The van der Waals surface area contributed by atoms with Crippen LogP contribution in [0.1, 0.15) is 5.56 Å². The monoisotopic (exact) mass is 328 g/mol. The molecule has 1 heterocycles.